The van der Waals surface area contributed by atoms with Gasteiger partial charge in [0.1, 0.15) is 0 Å². The number of nitro benzene ring substituents is 1. The van der Waals surface area contributed by atoms with E-state index >= 15 is 0 Å². The Kier molecular flexibility index (Phi) is 5.94. The number of H-pyrrole nitrogens is 3. The van der Waals surface area contributed by atoms with Gasteiger partial charge in [-0.05, 0) is 35.4 Å². The van der Waals surface area contributed by atoms with E-state index in [2.05, 4.69) is 19.9 Å². The van der Waals surface area contributed by atoms with Crippen LogP contribution in [-0.2, 0) is 0 Å². The van der Waals surface area contributed by atoms with Gasteiger partial charge < -0.3 is 20.0 Å². The molecule has 3 N–H and O–H groups in total. The van der Waals surface area contributed by atoms with Crippen LogP contribution in [0, 0.1) is 10.1 Å². The second kappa shape index (κ2) is 8.75. The molecule has 3 heterocycles. The van der Waals surface area contributed by atoms with Crippen molar-refractivity contribution in [3.8, 4) is 28.3 Å². The average Bonchev–Trinajstić information content (AvgIpc) is 3.43. The lowest BCUT2D eigenvalue weighted by molar-refractivity contribution is -0.385. The Morgan fingerprint density at radius 1 is 0.931 bits per heavy atom. The Morgan fingerprint density at radius 2 is 1.45 bits per heavy atom. The molecular formula is C21H21N5O3. The lowest BCUT2D eigenvalue weighted by Crippen LogP contribution is -2.10. The van der Waals surface area contributed by atoms with Crippen LogP contribution in [0.5, 0.6) is 5.75 Å². The van der Waals surface area contributed by atoms with Crippen molar-refractivity contribution in [2.24, 2.45) is 0 Å². The van der Waals surface area contributed by atoms with Crippen molar-refractivity contribution < 1.29 is 15.0 Å². The molecule has 0 radical (unpaired) electrons. The fourth-order valence-electron chi connectivity index (χ4n) is 2.79. The number of non-ortho nitro benzene ring substituents is 1. The van der Waals surface area contributed by atoms with E-state index in [9.17, 15) is 15.2 Å². The molecule has 8 heteroatoms. The maximum absolute atomic E-state index is 12.5. The van der Waals surface area contributed by atoms with E-state index in [0.29, 0.717) is 11.4 Å². The highest BCUT2D eigenvalue weighted by Gasteiger charge is 2.14. The summed E-state index contributed by atoms with van der Waals surface area (Å²) < 4.78 is 0. The molecule has 0 spiro atoms. The molecular weight excluding hydrogens is 370 g/mol. The Bertz CT molecular complexity index is 1000. The molecule has 0 atom stereocenters. The number of hydrogen-bond donors (Lipinski definition) is 2. The summed E-state index contributed by atoms with van der Waals surface area (Å²) in [5, 5.41) is 23.5. The standard InChI is InChI=1S/C14H11N3O3.C7H10N2/c18-14-10(12-3-1-5-15-12)7-9(17(19)20)8-11(14)13-4-2-6-16-13;1-9(2)7-3-5-8-6-4-7/h1-8,15-16,18H;3-6H,1-2H3. The topological polar surface area (TPSA) is 115 Å². The highest BCUT2D eigenvalue weighted by molar-refractivity contribution is 5.81. The number of anilines is 1. The molecule has 29 heavy (non-hydrogen) atoms. The number of rotatable bonds is 4. The van der Waals surface area contributed by atoms with Crippen molar-refractivity contribution in [3.05, 3.63) is 83.4 Å². The molecule has 1 aromatic carbocycles. The van der Waals surface area contributed by atoms with Crippen LogP contribution in [-0.4, -0.2) is 29.0 Å². The SMILES string of the molecule is CN(C)c1cc[nH+]cc1.O=[N+]([O-])c1cc(-c2ccc[nH]2)c([O-])c(-c2ccc[nH]2)c1. The van der Waals surface area contributed by atoms with Gasteiger partial charge in [0.05, 0.1) is 4.92 Å². The Hall–Kier alpha value is -4.07. The van der Waals surface area contributed by atoms with Crippen molar-refractivity contribution in [2.75, 3.05) is 19.0 Å². The number of hydrogen-bond acceptors (Lipinski definition) is 4. The number of pyridine rings is 1. The predicted octanol–water partition coefficient (Wildman–Crippen LogP) is 3.23. The first-order valence-electron chi connectivity index (χ1n) is 8.88. The average molecular weight is 391 g/mol. The smallest absolute Gasteiger partial charge is 0.270 e. The third-order valence-corrected chi connectivity index (χ3v) is 4.28. The summed E-state index contributed by atoms with van der Waals surface area (Å²) in [6.07, 6.45) is 7.16. The van der Waals surface area contributed by atoms with Crippen molar-refractivity contribution in [3.63, 3.8) is 0 Å². The Labute approximate surface area is 167 Å². The van der Waals surface area contributed by atoms with Crippen LogP contribution in [0.25, 0.3) is 22.5 Å². The highest BCUT2D eigenvalue weighted by Crippen LogP contribution is 2.38. The van der Waals surface area contributed by atoms with Crippen molar-refractivity contribution in [2.45, 2.75) is 0 Å². The first-order chi connectivity index (χ1) is 14.0. The van der Waals surface area contributed by atoms with Crippen molar-refractivity contribution >= 4 is 11.4 Å². The van der Waals surface area contributed by atoms with E-state index in [1.807, 2.05) is 38.6 Å². The molecule has 3 aromatic heterocycles. The molecule has 0 aliphatic carbocycles. The molecule has 0 aliphatic heterocycles. The summed E-state index contributed by atoms with van der Waals surface area (Å²) >= 11 is 0. The first kappa shape index (κ1) is 19.7. The molecule has 0 saturated carbocycles. The van der Waals surface area contributed by atoms with E-state index in [1.165, 1.54) is 17.8 Å². The molecule has 0 saturated heterocycles. The summed E-state index contributed by atoms with van der Waals surface area (Å²) in [5.41, 5.74) is 2.80. The van der Waals surface area contributed by atoms with Gasteiger partial charge >= 0.3 is 0 Å². The minimum atomic E-state index is -0.502. The van der Waals surface area contributed by atoms with Gasteiger partial charge in [0.2, 0.25) is 0 Å². The van der Waals surface area contributed by atoms with Crippen molar-refractivity contribution in [1.29, 1.82) is 0 Å². The molecule has 0 aliphatic rings. The third kappa shape index (κ3) is 4.62. The summed E-state index contributed by atoms with van der Waals surface area (Å²) in [6, 6.07) is 13.5. The van der Waals surface area contributed by atoms with Crippen LogP contribution in [0.2, 0.25) is 0 Å². The second-order valence-electron chi connectivity index (χ2n) is 6.45. The van der Waals surface area contributed by atoms with Crippen LogP contribution in [0.3, 0.4) is 0 Å². The zero-order valence-electron chi connectivity index (χ0n) is 16.0. The lowest BCUT2D eigenvalue weighted by Gasteiger charge is -2.17. The summed E-state index contributed by atoms with van der Waals surface area (Å²) in [5.74, 6) is -0.250. The number of aromatic amines is 3. The van der Waals surface area contributed by atoms with Gasteiger partial charge in [-0.3, -0.25) is 10.1 Å². The minimum Gasteiger partial charge on any atom is -0.872 e. The predicted molar refractivity (Wildman–Crippen MR) is 109 cm³/mol. The molecule has 0 unspecified atom stereocenters. The molecule has 0 fully saturated rings. The van der Waals surface area contributed by atoms with E-state index < -0.39 is 4.92 Å². The molecule has 0 amide bonds. The van der Waals surface area contributed by atoms with Gasteiger partial charge in [-0.15, -0.1) is 0 Å². The van der Waals surface area contributed by atoms with Crippen LogP contribution in [0.4, 0.5) is 11.4 Å². The normalized spacial score (nSPS) is 10.1. The quantitative estimate of drug-likeness (QED) is 0.410. The Balaban J connectivity index is 0.000000224. The number of nitro groups is 1. The van der Waals surface area contributed by atoms with E-state index in [4.69, 9.17) is 0 Å². The number of nitrogens with zero attached hydrogens (tertiary/aromatic N) is 2. The van der Waals surface area contributed by atoms with Gasteiger partial charge in [0.25, 0.3) is 5.69 Å². The maximum atomic E-state index is 12.5. The molecule has 148 valence electrons. The first-order valence-corrected chi connectivity index (χ1v) is 8.88. The lowest BCUT2D eigenvalue weighted by atomic mass is 10.0. The maximum Gasteiger partial charge on any atom is 0.270 e. The van der Waals surface area contributed by atoms with Gasteiger partial charge in [-0.1, -0.05) is 5.75 Å². The summed E-state index contributed by atoms with van der Waals surface area (Å²) in [6.45, 7) is 0. The fraction of sp³-hybridized carbons (Fsp3) is 0.0952. The fourth-order valence-corrected chi connectivity index (χ4v) is 2.79. The minimum absolute atomic E-state index is 0.112. The van der Waals surface area contributed by atoms with Gasteiger partial charge in [-0.2, -0.15) is 0 Å². The van der Waals surface area contributed by atoms with Crippen LogP contribution in [0.1, 0.15) is 0 Å². The van der Waals surface area contributed by atoms with E-state index in [-0.39, 0.29) is 22.6 Å². The number of nitrogens with one attached hydrogen (secondary N) is 3. The van der Waals surface area contributed by atoms with Gasteiger partial charge in [-0.25, -0.2) is 4.98 Å². The zero-order chi connectivity index (χ0) is 20.8. The van der Waals surface area contributed by atoms with E-state index in [1.54, 1.807) is 36.7 Å². The second-order valence-corrected chi connectivity index (χ2v) is 6.45. The molecule has 0 bridgehead atoms. The zero-order valence-corrected chi connectivity index (χ0v) is 16.0. The van der Waals surface area contributed by atoms with Gasteiger partial charge in [0.15, 0.2) is 12.4 Å². The Morgan fingerprint density at radius 3 is 1.79 bits per heavy atom. The van der Waals surface area contributed by atoms with E-state index in [0.717, 1.165) is 0 Å². The molecule has 4 rings (SSSR count). The third-order valence-electron chi connectivity index (χ3n) is 4.28. The largest absolute Gasteiger partial charge is 0.872 e. The highest BCUT2D eigenvalue weighted by atomic mass is 16.6. The number of benzene rings is 1. The molecule has 8 nitrogen and oxygen atoms in total. The van der Waals surface area contributed by atoms with Crippen LogP contribution in [0.15, 0.2) is 73.3 Å². The molecule has 4 aromatic rings. The van der Waals surface area contributed by atoms with Gasteiger partial charge in [0, 0.05) is 67.8 Å². The monoisotopic (exact) mass is 391 g/mol. The summed E-state index contributed by atoms with van der Waals surface area (Å²) in [7, 11) is 4.05. The number of aromatic nitrogens is 3. The van der Waals surface area contributed by atoms with Crippen LogP contribution < -0.4 is 15.0 Å². The van der Waals surface area contributed by atoms with Crippen molar-refractivity contribution in [1.82, 2.24) is 9.97 Å². The van der Waals surface area contributed by atoms with Crippen LogP contribution >= 0.6 is 0 Å². The summed E-state index contributed by atoms with van der Waals surface area (Å²) in [4.78, 5) is 21.4.